The van der Waals surface area contributed by atoms with Gasteiger partial charge in [-0.3, -0.25) is 4.79 Å². The fourth-order valence-electron chi connectivity index (χ4n) is 1.93. The summed E-state index contributed by atoms with van der Waals surface area (Å²) in [7, 11) is 0. The van der Waals surface area contributed by atoms with Gasteiger partial charge in [-0.1, -0.05) is 44.2 Å². The van der Waals surface area contributed by atoms with E-state index in [-0.39, 0.29) is 18.4 Å². The average Bonchev–Trinajstić information content (AvgIpc) is 2.96. The van der Waals surface area contributed by atoms with Crippen LogP contribution in [-0.2, 0) is 11.3 Å². The number of carbonyl (C=O) groups is 1. The first-order valence-electron chi connectivity index (χ1n) is 7.29. The van der Waals surface area contributed by atoms with E-state index >= 15 is 0 Å². The van der Waals surface area contributed by atoms with Crippen LogP contribution in [0.2, 0.25) is 0 Å². The first-order valence-corrected chi connectivity index (χ1v) is 7.29. The SMILES string of the molecule is CC(C)C(C)(CN)NC(=O)Cn1nnc(-c2ccccc2)n1. The van der Waals surface area contributed by atoms with Crippen molar-refractivity contribution in [2.75, 3.05) is 6.54 Å². The maximum atomic E-state index is 12.1. The molecular formula is C15H22N6O. The number of benzene rings is 1. The standard InChI is InChI=1S/C15H22N6O/c1-11(2)15(3,10-16)17-13(22)9-21-19-14(18-20-21)12-7-5-4-6-8-12/h4-8,11H,9-10,16H2,1-3H3,(H,17,22). The number of hydrogen-bond donors (Lipinski definition) is 2. The molecule has 3 N–H and O–H groups in total. The molecule has 7 nitrogen and oxygen atoms in total. The van der Waals surface area contributed by atoms with E-state index in [0.717, 1.165) is 5.56 Å². The Bertz CT molecular complexity index is 624. The Morgan fingerprint density at radius 3 is 2.64 bits per heavy atom. The smallest absolute Gasteiger partial charge is 0.244 e. The molecule has 0 bridgehead atoms. The number of tetrazole rings is 1. The monoisotopic (exact) mass is 302 g/mol. The van der Waals surface area contributed by atoms with Crippen LogP contribution < -0.4 is 11.1 Å². The molecule has 0 spiro atoms. The Morgan fingerprint density at radius 2 is 2.05 bits per heavy atom. The van der Waals surface area contributed by atoms with Gasteiger partial charge in [-0.25, -0.2) is 0 Å². The number of nitrogens with two attached hydrogens (primary N) is 1. The quantitative estimate of drug-likeness (QED) is 0.823. The van der Waals surface area contributed by atoms with Gasteiger partial charge in [-0.05, 0) is 18.1 Å². The fraction of sp³-hybridized carbons (Fsp3) is 0.467. The highest BCUT2D eigenvalue weighted by molar-refractivity contribution is 5.76. The summed E-state index contributed by atoms with van der Waals surface area (Å²) in [6, 6.07) is 9.51. The predicted molar refractivity (Wildman–Crippen MR) is 83.7 cm³/mol. The second-order valence-electron chi connectivity index (χ2n) is 5.83. The fourth-order valence-corrected chi connectivity index (χ4v) is 1.93. The topological polar surface area (TPSA) is 98.7 Å². The Hall–Kier alpha value is -2.28. The third kappa shape index (κ3) is 3.67. The first kappa shape index (κ1) is 16.1. The Labute approximate surface area is 129 Å². The van der Waals surface area contributed by atoms with Gasteiger partial charge in [-0.2, -0.15) is 4.80 Å². The van der Waals surface area contributed by atoms with Crippen molar-refractivity contribution >= 4 is 5.91 Å². The third-order valence-corrected chi connectivity index (χ3v) is 3.89. The van der Waals surface area contributed by atoms with Crippen molar-refractivity contribution in [1.82, 2.24) is 25.5 Å². The van der Waals surface area contributed by atoms with Crippen LogP contribution in [0.15, 0.2) is 30.3 Å². The molecule has 1 aromatic carbocycles. The molecule has 0 fully saturated rings. The van der Waals surface area contributed by atoms with Crippen molar-refractivity contribution in [3.05, 3.63) is 30.3 Å². The summed E-state index contributed by atoms with van der Waals surface area (Å²) in [6.45, 7) is 6.36. The lowest BCUT2D eigenvalue weighted by Gasteiger charge is -2.33. The Balaban J connectivity index is 2.03. The number of nitrogens with one attached hydrogen (secondary N) is 1. The largest absolute Gasteiger partial charge is 0.348 e. The molecular weight excluding hydrogens is 280 g/mol. The molecule has 2 rings (SSSR count). The van der Waals surface area contributed by atoms with Gasteiger partial charge in [0.05, 0.1) is 5.54 Å². The number of hydrogen-bond acceptors (Lipinski definition) is 5. The van der Waals surface area contributed by atoms with Gasteiger partial charge in [0, 0.05) is 12.1 Å². The van der Waals surface area contributed by atoms with Crippen LogP contribution in [0.4, 0.5) is 0 Å². The average molecular weight is 302 g/mol. The van der Waals surface area contributed by atoms with Crippen molar-refractivity contribution in [2.24, 2.45) is 11.7 Å². The third-order valence-electron chi connectivity index (χ3n) is 3.89. The molecule has 1 aromatic heterocycles. The molecule has 118 valence electrons. The maximum absolute atomic E-state index is 12.1. The second kappa shape index (κ2) is 6.65. The summed E-state index contributed by atoms with van der Waals surface area (Å²) in [6.07, 6.45) is 0. The van der Waals surface area contributed by atoms with E-state index in [9.17, 15) is 4.79 Å². The van der Waals surface area contributed by atoms with Crippen LogP contribution >= 0.6 is 0 Å². The van der Waals surface area contributed by atoms with Gasteiger partial charge < -0.3 is 11.1 Å². The van der Waals surface area contributed by atoms with Crippen LogP contribution in [0.5, 0.6) is 0 Å². The van der Waals surface area contributed by atoms with Crippen molar-refractivity contribution in [3.8, 4) is 11.4 Å². The molecule has 1 amide bonds. The molecule has 1 unspecified atom stereocenters. The molecule has 0 aliphatic heterocycles. The van der Waals surface area contributed by atoms with Crippen molar-refractivity contribution < 1.29 is 4.79 Å². The van der Waals surface area contributed by atoms with Crippen LogP contribution in [-0.4, -0.2) is 38.2 Å². The summed E-state index contributed by atoms with van der Waals surface area (Å²) in [4.78, 5) is 13.4. The van der Waals surface area contributed by atoms with E-state index in [0.29, 0.717) is 12.4 Å². The van der Waals surface area contributed by atoms with E-state index in [1.165, 1.54) is 4.80 Å². The van der Waals surface area contributed by atoms with Crippen molar-refractivity contribution in [1.29, 1.82) is 0 Å². The van der Waals surface area contributed by atoms with Gasteiger partial charge in [0.25, 0.3) is 0 Å². The zero-order chi connectivity index (χ0) is 16.2. The van der Waals surface area contributed by atoms with Crippen molar-refractivity contribution in [3.63, 3.8) is 0 Å². The van der Waals surface area contributed by atoms with Gasteiger partial charge >= 0.3 is 0 Å². The van der Waals surface area contributed by atoms with Gasteiger partial charge in [0.1, 0.15) is 6.54 Å². The lowest BCUT2D eigenvalue weighted by atomic mass is 9.88. The first-order chi connectivity index (χ1) is 10.4. The van der Waals surface area contributed by atoms with E-state index < -0.39 is 5.54 Å². The number of nitrogens with zero attached hydrogens (tertiary/aromatic N) is 4. The molecule has 0 saturated heterocycles. The lowest BCUT2D eigenvalue weighted by Crippen LogP contribution is -2.55. The summed E-state index contributed by atoms with van der Waals surface area (Å²) < 4.78 is 0. The zero-order valence-corrected chi connectivity index (χ0v) is 13.2. The van der Waals surface area contributed by atoms with Crippen LogP contribution in [0.1, 0.15) is 20.8 Å². The number of carbonyl (C=O) groups excluding carboxylic acids is 1. The number of amides is 1. The van der Waals surface area contributed by atoms with E-state index in [2.05, 4.69) is 20.7 Å². The Morgan fingerprint density at radius 1 is 1.36 bits per heavy atom. The molecule has 7 heteroatoms. The molecule has 0 radical (unpaired) electrons. The van der Waals surface area contributed by atoms with Gasteiger partial charge in [0.15, 0.2) is 0 Å². The zero-order valence-electron chi connectivity index (χ0n) is 13.2. The van der Waals surface area contributed by atoms with Gasteiger partial charge in [0.2, 0.25) is 11.7 Å². The minimum Gasteiger partial charge on any atom is -0.348 e. The highest BCUT2D eigenvalue weighted by Crippen LogP contribution is 2.15. The van der Waals surface area contributed by atoms with Crippen LogP contribution in [0, 0.1) is 5.92 Å². The number of aromatic nitrogens is 4. The highest BCUT2D eigenvalue weighted by atomic mass is 16.2. The molecule has 0 aliphatic carbocycles. The van der Waals surface area contributed by atoms with E-state index in [1.807, 2.05) is 51.1 Å². The molecule has 22 heavy (non-hydrogen) atoms. The lowest BCUT2D eigenvalue weighted by molar-refractivity contribution is -0.124. The van der Waals surface area contributed by atoms with Crippen molar-refractivity contribution in [2.45, 2.75) is 32.9 Å². The summed E-state index contributed by atoms with van der Waals surface area (Å²) >= 11 is 0. The summed E-state index contributed by atoms with van der Waals surface area (Å²) in [5, 5.41) is 15.1. The summed E-state index contributed by atoms with van der Waals surface area (Å²) in [5.74, 6) is 0.544. The molecule has 0 aliphatic rings. The van der Waals surface area contributed by atoms with E-state index in [4.69, 9.17) is 5.73 Å². The second-order valence-corrected chi connectivity index (χ2v) is 5.83. The predicted octanol–water partition coefficient (Wildman–Crippen LogP) is 0.830. The van der Waals surface area contributed by atoms with Crippen LogP contribution in [0.25, 0.3) is 11.4 Å². The molecule has 2 aromatic rings. The molecule has 1 heterocycles. The normalized spacial score (nSPS) is 13.9. The molecule has 0 saturated carbocycles. The Kier molecular flexibility index (Phi) is 4.87. The van der Waals surface area contributed by atoms with Gasteiger partial charge in [-0.15, -0.1) is 10.2 Å². The van der Waals surface area contributed by atoms with Crippen LogP contribution in [0.3, 0.4) is 0 Å². The summed E-state index contributed by atoms with van der Waals surface area (Å²) in [5.41, 5.74) is 6.18. The number of rotatable bonds is 6. The highest BCUT2D eigenvalue weighted by Gasteiger charge is 2.28. The maximum Gasteiger partial charge on any atom is 0.244 e. The van der Waals surface area contributed by atoms with E-state index in [1.54, 1.807) is 0 Å². The minimum absolute atomic E-state index is 0.0160. The minimum atomic E-state index is -0.445. The molecule has 1 atom stereocenters.